The Morgan fingerprint density at radius 1 is 1.04 bits per heavy atom. The van der Waals surface area contributed by atoms with Crippen molar-refractivity contribution < 1.29 is 29.0 Å². The first-order valence-corrected chi connectivity index (χ1v) is 8.03. The molecule has 0 aromatic heterocycles. The van der Waals surface area contributed by atoms with E-state index < -0.39 is 43.0 Å². The number of alkyl carbamates (subject to hydrolysis) is 1. The third-order valence-electron chi connectivity index (χ3n) is 3.30. The Bertz CT molecular complexity index is 633. The molecule has 3 amide bonds. The maximum atomic E-state index is 12.2. The molecule has 0 aliphatic heterocycles. The number of rotatable bonds is 9. The van der Waals surface area contributed by atoms with E-state index in [9.17, 15) is 19.2 Å². The molecule has 1 rings (SSSR count). The highest BCUT2D eigenvalue weighted by Crippen LogP contribution is 2.04. The van der Waals surface area contributed by atoms with Crippen LogP contribution in [0.5, 0.6) is 0 Å². The summed E-state index contributed by atoms with van der Waals surface area (Å²) in [5, 5.41) is 15.4. The first-order chi connectivity index (χ1) is 12.3. The smallest absolute Gasteiger partial charge is 0.408 e. The molecule has 0 aliphatic rings. The number of hydrogen-bond acceptors (Lipinski definition) is 5. The number of carbonyl (C=O) groups is 4. The molecule has 0 saturated heterocycles. The van der Waals surface area contributed by atoms with Crippen LogP contribution in [0.1, 0.15) is 19.4 Å². The Morgan fingerprint density at radius 3 is 2.27 bits per heavy atom. The van der Waals surface area contributed by atoms with Crippen LogP contribution in [0.3, 0.4) is 0 Å². The van der Waals surface area contributed by atoms with E-state index in [0.29, 0.717) is 0 Å². The third-order valence-corrected chi connectivity index (χ3v) is 3.30. The minimum atomic E-state index is -1.19. The van der Waals surface area contributed by atoms with E-state index in [1.54, 1.807) is 26.0 Å². The van der Waals surface area contributed by atoms with E-state index in [0.717, 1.165) is 5.56 Å². The van der Waals surface area contributed by atoms with Gasteiger partial charge in [0.15, 0.2) is 0 Å². The highest BCUT2D eigenvalue weighted by atomic mass is 16.5. The van der Waals surface area contributed by atoms with Gasteiger partial charge >= 0.3 is 12.1 Å². The quantitative estimate of drug-likeness (QED) is 0.496. The summed E-state index contributed by atoms with van der Waals surface area (Å²) in [5.74, 6) is -2.65. The summed E-state index contributed by atoms with van der Waals surface area (Å²) in [6, 6.07) is 8.18. The molecule has 0 bridgehead atoms. The summed E-state index contributed by atoms with van der Waals surface area (Å²) in [5.41, 5.74) is 0.809. The largest absolute Gasteiger partial charge is 0.480 e. The molecule has 0 fully saturated rings. The second-order valence-corrected chi connectivity index (χ2v) is 5.82. The molecular weight excluding hydrogens is 342 g/mol. The van der Waals surface area contributed by atoms with Crippen LogP contribution in [-0.4, -0.2) is 48.1 Å². The fourth-order valence-corrected chi connectivity index (χ4v) is 1.94. The van der Waals surface area contributed by atoms with Gasteiger partial charge in [-0.25, -0.2) is 4.79 Å². The van der Waals surface area contributed by atoms with E-state index >= 15 is 0 Å². The molecule has 142 valence electrons. The van der Waals surface area contributed by atoms with Crippen molar-refractivity contribution in [3.63, 3.8) is 0 Å². The van der Waals surface area contributed by atoms with Crippen molar-refractivity contribution in [3.8, 4) is 0 Å². The Labute approximate surface area is 151 Å². The number of ether oxygens (including phenoxy) is 1. The van der Waals surface area contributed by atoms with E-state index in [-0.39, 0.29) is 12.5 Å². The number of carboxylic acids is 1. The van der Waals surface area contributed by atoms with Gasteiger partial charge in [-0.2, -0.15) is 0 Å². The minimum Gasteiger partial charge on any atom is -0.480 e. The number of amides is 3. The Morgan fingerprint density at radius 2 is 1.69 bits per heavy atom. The average Bonchev–Trinajstić information content (AvgIpc) is 2.61. The Hall–Kier alpha value is -3.10. The maximum Gasteiger partial charge on any atom is 0.408 e. The van der Waals surface area contributed by atoms with Gasteiger partial charge in [0.1, 0.15) is 19.2 Å². The highest BCUT2D eigenvalue weighted by Gasteiger charge is 2.25. The van der Waals surface area contributed by atoms with Crippen LogP contribution in [0, 0.1) is 5.92 Å². The van der Waals surface area contributed by atoms with E-state index in [4.69, 9.17) is 9.84 Å². The standard InChI is InChI=1S/C17H23N3O6/c1-11(2)15(16(24)19-8-13(21)18-9-14(22)23)20-17(25)26-10-12-6-4-3-5-7-12/h3-7,11,15H,8-10H2,1-2H3,(H,18,21)(H,19,24)(H,20,25)(H,22,23)/t15-/m1/s1. The summed E-state index contributed by atoms with van der Waals surface area (Å²) >= 11 is 0. The van der Waals surface area contributed by atoms with E-state index in [2.05, 4.69) is 16.0 Å². The molecule has 9 heteroatoms. The lowest BCUT2D eigenvalue weighted by Gasteiger charge is -2.21. The van der Waals surface area contributed by atoms with Crippen molar-refractivity contribution in [1.29, 1.82) is 0 Å². The average molecular weight is 365 g/mol. The number of benzene rings is 1. The van der Waals surface area contributed by atoms with Gasteiger partial charge in [-0.05, 0) is 11.5 Å². The van der Waals surface area contributed by atoms with Gasteiger partial charge in [0.2, 0.25) is 11.8 Å². The van der Waals surface area contributed by atoms with Crippen LogP contribution in [0.2, 0.25) is 0 Å². The molecular formula is C17H23N3O6. The van der Waals surface area contributed by atoms with Gasteiger partial charge in [0.05, 0.1) is 6.54 Å². The van der Waals surface area contributed by atoms with Crippen molar-refractivity contribution in [2.24, 2.45) is 5.92 Å². The normalized spacial score (nSPS) is 11.3. The first kappa shape index (κ1) is 20.9. The SMILES string of the molecule is CC(C)[C@@H](NC(=O)OCc1ccccc1)C(=O)NCC(=O)NCC(=O)O. The van der Waals surface area contributed by atoms with Crippen molar-refractivity contribution in [2.45, 2.75) is 26.5 Å². The van der Waals surface area contributed by atoms with Gasteiger partial charge in [-0.15, -0.1) is 0 Å². The maximum absolute atomic E-state index is 12.2. The van der Waals surface area contributed by atoms with Crippen molar-refractivity contribution in [2.75, 3.05) is 13.1 Å². The monoisotopic (exact) mass is 365 g/mol. The number of hydrogen-bond donors (Lipinski definition) is 4. The van der Waals surface area contributed by atoms with Crippen LogP contribution in [0.4, 0.5) is 4.79 Å². The zero-order valence-electron chi connectivity index (χ0n) is 14.7. The third kappa shape index (κ3) is 8.13. The van der Waals surface area contributed by atoms with E-state index in [1.165, 1.54) is 0 Å². The molecule has 0 heterocycles. The van der Waals surface area contributed by atoms with Gasteiger partial charge in [-0.1, -0.05) is 44.2 Å². The summed E-state index contributed by atoms with van der Waals surface area (Å²) in [7, 11) is 0. The zero-order valence-corrected chi connectivity index (χ0v) is 14.7. The lowest BCUT2D eigenvalue weighted by molar-refractivity contribution is -0.137. The molecule has 26 heavy (non-hydrogen) atoms. The van der Waals surface area contributed by atoms with E-state index in [1.807, 2.05) is 18.2 Å². The molecule has 1 aromatic rings. The predicted molar refractivity (Wildman–Crippen MR) is 92.0 cm³/mol. The molecule has 0 unspecified atom stereocenters. The molecule has 0 saturated carbocycles. The summed E-state index contributed by atoms with van der Waals surface area (Å²) in [4.78, 5) is 45.8. The molecule has 0 radical (unpaired) electrons. The van der Waals surface area contributed by atoms with Crippen LogP contribution in [0.25, 0.3) is 0 Å². The molecule has 0 spiro atoms. The van der Waals surface area contributed by atoms with Crippen LogP contribution < -0.4 is 16.0 Å². The fourth-order valence-electron chi connectivity index (χ4n) is 1.94. The number of aliphatic carboxylic acids is 1. The summed E-state index contributed by atoms with van der Waals surface area (Å²) in [6.45, 7) is 2.59. The predicted octanol–water partition coefficient (Wildman–Crippen LogP) is 0.254. The first-order valence-electron chi connectivity index (χ1n) is 8.03. The van der Waals surface area contributed by atoms with Gasteiger partial charge in [0.25, 0.3) is 0 Å². The fraction of sp³-hybridized carbons (Fsp3) is 0.412. The lowest BCUT2D eigenvalue weighted by atomic mass is 10.0. The zero-order chi connectivity index (χ0) is 19.5. The molecule has 1 atom stereocenters. The Kier molecular flexibility index (Phi) is 8.62. The number of carbonyl (C=O) groups excluding carboxylic acids is 3. The van der Waals surface area contributed by atoms with Crippen LogP contribution >= 0.6 is 0 Å². The molecule has 4 N–H and O–H groups in total. The summed E-state index contributed by atoms with van der Waals surface area (Å²) < 4.78 is 5.07. The van der Waals surface area contributed by atoms with Crippen molar-refractivity contribution in [3.05, 3.63) is 35.9 Å². The topological polar surface area (TPSA) is 134 Å². The number of nitrogens with one attached hydrogen (secondary N) is 3. The second kappa shape index (κ2) is 10.7. The molecule has 9 nitrogen and oxygen atoms in total. The van der Waals surface area contributed by atoms with Gasteiger partial charge in [-0.3, -0.25) is 14.4 Å². The van der Waals surface area contributed by atoms with Crippen LogP contribution in [-0.2, 0) is 25.7 Å². The minimum absolute atomic E-state index is 0.0662. The van der Waals surface area contributed by atoms with Gasteiger partial charge < -0.3 is 25.8 Å². The Balaban J connectivity index is 2.45. The highest BCUT2D eigenvalue weighted by molar-refractivity contribution is 5.90. The second-order valence-electron chi connectivity index (χ2n) is 5.82. The van der Waals surface area contributed by atoms with Gasteiger partial charge in [0, 0.05) is 0 Å². The van der Waals surface area contributed by atoms with Crippen LogP contribution in [0.15, 0.2) is 30.3 Å². The van der Waals surface area contributed by atoms with Crippen molar-refractivity contribution in [1.82, 2.24) is 16.0 Å². The summed E-state index contributed by atoms with van der Waals surface area (Å²) in [6.07, 6.45) is -0.752. The molecule has 1 aromatic carbocycles. The number of carboxylic acid groups (broad SMARTS) is 1. The van der Waals surface area contributed by atoms with Crippen molar-refractivity contribution >= 4 is 23.9 Å². The molecule has 0 aliphatic carbocycles. The lowest BCUT2D eigenvalue weighted by Crippen LogP contribution is -2.51.